The van der Waals surface area contributed by atoms with Crippen LogP contribution in [0.15, 0.2) is 48.5 Å². The molecule has 1 atom stereocenters. The Morgan fingerprint density at radius 3 is 2.63 bits per heavy atom. The number of halogens is 2. The average Bonchev–Trinajstić information content (AvgIpc) is 3.02. The molecule has 0 aliphatic rings. The van der Waals surface area contributed by atoms with Crippen molar-refractivity contribution < 1.29 is 9.90 Å². The number of aryl methyl sites for hydroxylation is 1. The Labute approximate surface area is 171 Å². The molecule has 1 amide bonds. The molecule has 27 heavy (non-hydrogen) atoms. The van der Waals surface area contributed by atoms with Crippen molar-refractivity contribution in [1.82, 2.24) is 4.98 Å². The van der Waals surface area contributed by atoms with Gasteiger partial charge < -0.3 is 10.4 Å². The normalized spacial score (nSPS) is 12.0. The van der Waals surface area contributed by atoms with Gasteiger partial charge in [-0.05, 0) is 31.0 Å². The summed E-state index contributed by atoms with van der Waals surface area (Å²) in [6.07, 6.45) is -0.113. The highest BCUT2D eigenvalue weighted by Crippen LogP contribution is 2.34. The summed E-state index contributed by atoms with van der Waals surface area (Å²) < 4.78 is 0. The second-order valence-electron chi connectivity index (χ2n) is 6.07. The molecule has 0 aliphatic carbocycles. The Kier molecular flexibility index (Phi) is 6.50. The van der Waals surface area contributed by atoms with E-state index in [0.717, 1.165) is 21.7 Å². The van der Waals surface area contributed by atoms with E-state index in [1.54, 1.807) is 12.1 Å². The van der Waals surface area contributed by atoms with Gasteiger partial charge in [-0.2, -0.15) is 0 Å². The number of rotatable bonds is 6. The Bertz CT molecular complexity index is 944. The average molecular weight is 421 g/mol. The van der Waals surface area contributed by atoms with Gasteiger partial charge >= 0.3 is 0 Å². The zero-order chi connectivity index (χ0) is 19.4. The molecule has 1 heterocycles. The molecule has 0 saturated carbocycles. The van der Waals surface area contributed by atoms with Crippen molar-refractivity contribution in [3.63, 3.8) is 0 Å². The SMILES string of the molecule is Cc1sc(NC(=O)CC[C@H](O)c2ccccc2)nc1-c1ccc(Cl)c(Cl)c1. The van der Waals surface area contributed by atoms with Crippen molar-refractivity contribution in [2.75, 3.05) is 5.32 Å². The molecule has 0 spiro atoms. The number of amides is 1. The fourth-order valence-electron chi connectivity index (χ4n) is 2.65. The van der Waals surface area contributed by atoms with E-state index in [9.17, 15) is 9.90 Å². The fraction of sp³-hybridized carbons (Fsp3) is 0.200. The summed E-state index contributed by atoms with van der Waals surface area (Å²) in [6.45, 7) is 1.93. The lowest BCUT2D eigenvalue weighted by Crippen LogP contribution is -2.12. The number of nitrogens with zero attached hydrogens (tertiary/aromatic N) is 1. The first-order chi connectivity index (χ1) is 12.9. The van der Waals surface area contributed by atoms with Gasteiger partial charge in [0.2, 0.25) is 5.91 Å². The lowest BCUT2D eigenvalue weighted by molar-refractivity contribution is -0.116. The second kappa shape index (κ2) is 8.85. The maximum absolute atomic E-state index is 12.2. The number of anilines is 1. The van der Waals surface area contributed by atoms with Crippen LogP contribution in [0.5, 0.6) is 0 Å². The number of thiazole rings is 1. The van der Waals surface area contributed by atoms with Gasteiger partial charge in [-0.15, -0.1) is 11.3 Å². The van der Waals surface area contributed by atoms with E-state index in [2.05, 4.69) is 10.3 Å². The molecule has 2 N–H and O–H groups in total. The summed E-state index contributed by atoms with van der Waals surface area (Å²) in [5.41, 5.74) is 2.41. The zero-order valence-corrected chi connectivity index (χ0v) is 16.9. The van der Waals surface area contributed by atoms with Crippen molar-refractivity contribution in [1.29, 1.82) is 0 Å². The number of carbonyl (C=O) groups excluding carboxylic acids is 1. The van der Waals surface area contributed by atoms with E-state index in [1.165, 1.54) is 11.3 Å². The molecule has 0 aliphatic heterocycles. The van der Waals surface area contributed by atoms with E-state index in [1.807, 2.05) is 43.3 Å². The Hall–Kier alpha value is -1.92. The number of hydrogen-bond acceptors (Lipinski definition) is 4. The fourth-order valence-corrected chi connectivity index (χ4v) is 3.80. The van der Waals surface area contributed by atoms with Crippen LogP contribution < -0.4 is 5.32 Å². The number of aromatic nitrogens is 1. The maximum Gasteiger partial charge on any atom is 0.226 e. The van der Waals surface area contributed by atoms with Crippen LogP contribution in [0.25, 0.3) is 11.3 Å². The number of aliphatic hydroxyl groups excluding tert-OH is 1. The number of hydrogen-bond donors (Lipinski definition) is 2. The molecule has 0 saturated heterocycles. The van der Waals surface area contributed by atoms with E-state index >= 15 is 0 Å². The van der Waals surface area contributed by atoms with Gasteiger partial charge in [-0.25, -0.2) is 4.98 Å². The van der Waals surface area contributed by atoms with Crippen LogP contribution in [0.2, 0.25) is 10.0 Å². The molecule has 7 heteroatoms. The lowest BCUT2D eigenvalue weighted by atomic mass is 10.1. The van der Waals surface area contributed by atoms with Crippen molar-refractivity contribution in [2.24, 2.45) is 0 Å². The Balaban J connectivity index is 1.62. The third-order valence-electron chi connectivity index (χ3n) is 4.07. The number of nitrogens with one attached hydrogen (secondary N) is 1. The first-order valence-corrected chi connectivity index (χ1v) is 9.97. The third kappa shape index (κ3) is 5.08. The molecule has 0 bridgehead atoms. The summed E-state index contributed by atoms with van der Waals surface area (Å²) in [6, 6.07) is 14.6. The van der Waals surface area contributed by atoms with Gasteiger partial charge in [0.25, 0.3) is 0 Å². The van der Waals surface area contributed by atoms with Crippen LogP contribution in [-0.4, -0.2) is 16.0 Å². The summed E-state index contributed by atoms with van der Waals surface area (Å²) in [7, 11) is 0. The second-order valence-corrected chi connectivity index (χ2v) is 8.08. The number of aliphatic hydroxyl groups is 1. The molecule has 0 radical (unpaired) electrons. The van der Waals surface area contributed by atoms with Crippen LogP contribution in [0.4, 0.5) is 5.13 Å². The van der Waals surface area contributed by atoms with Gasteiger partial charge in [0.15, 0.2) is 5.13 Å². The molecule has 3 aromatic rings. The largest absolute Gasteiger partial charge is 0.388 e. The molecule has 0 unspecified atom stereocenters. The van der Waals surface area contributed by atoms with Crippen LogP contribution in [0.1, 0.15) is 29.4 Å². The lowest BCUT2D eigenvalue weighted by Gasteiger charge is -2.10. The molecule has 140 valence electrons. The van der Waals surface area contributed by atoms with E-state index < -0.39 is 6.10 Å². The van der Waals surface area contributed by atoms with E-state index in [0.29, 0.717) is 21.6 Å². The highest BCUT2D eigenvalue weighted by atomic mass is 35.5. The highest BCUT2D eigenvalue weighted by molar-refractivity contribution is 7.16. The topological polar surface area (TPSA) is 62.2 Å². The van der Waals surface area contributed by atoms with Crippen LogP contribution in [-0.2, 0) is 4.79 Å². The molecular weight excluding hydrogens is 403 g/mol. The molecule has 4 nitrogen and oxygen atoms in total. The number of benzene rings is 2. The molecular formula is C20H18Cl2N2O2S. The molecule has 3 rings (SSSR count). The van der Waals surface area contributed by atoms with Crippen molar-refractivity contribution >= 4 is 45.6 Å². The van der Waals surface area contributed by atoms with Crippen LogP contribution in [0.3, 0.4) is 0 Å². The first-order valence-electron chi connectivity index (χ1n) is 8.39. The van der Waals surface area contributed by atoms with E-state index in [-0.39, 0.29) is 12.3 Å². The van der Waals surface area contributed by atoms with E-state index in [4.69, 9.17) is 23.2 Å². The predicted molar refractivity (Wildman–Crippen MR) is 112 cm³/mol. The quantitative estimate of drug-likeness (QED) is 0.523. The highest BCUT2D eigenvalue weighted by Gasteiger charge is 2.15. The Morgan fingerprint density at radius 1 is 1.19 bits per heavy atom. The standard InChI is InChI=1S/C20H18Cl2N2O2S/c1-12-19(14-7-8-15(21)16(22)11-14)24-20(27-12)23-18(26)10-9-17(25)13-5-3-2-4-6-13/h2-8,11,17,25H,9-10H2,1H3,(H,23,24,26)/t17-/m0/s1. The zero-order valence-electron chi connectivity index (χ0n) is 14.6. The summed E-state index contributed by atoms with van der Waals surface area (Å²) in [4.78, 5) is 17.7. The van der Waals surface area contributed by atoms with Crippen molar-refractivity contribution in [3.8, 4) is 11.3 Å². The van der Waals surface area contributed by atoms with Gasteiger partial charge in [0.05, 0.1) is 21.8 Å². The van der Waals surface area contributed by atoms with Crippen LogP contribution in [0, 0.1) is 6.92 Å². The summed E-state index contributed by atoms with van der Waals surface area (Å²) in [5.74, 6) is -0.181. The number of carbonyl (C=O) groups is 1. The Morgan fingerprint density at radius 2 is 1.93 bits per heavy atom. The minimum Gasteiger partial charge on any atom is -0.388 e. The van der Waals surface area contributed by atoms with Gasteiger partial charge in [-0.3, -0.25) is 4.79 Å². The monoisotopic (exact) mass is 420 g/mol. The van der Waals surface area contributed by atoms with Crippen molar-refractivity contribution in [2.45, 2.75) is 25.9 Å². The van der Waals surface area contributed by atoms with Gasteiger partial charge in [0, 0.05) is 16.9 Å². The summed E-state index contributed by atoms with van der Waals surface area (Å²) in [5, 5.41) is 14.4. The molecule has 0 fully saturated rings. The first kappa shape index (κ1) is 19.8. The smallest absolute Gasteiger partial charge is 0.226 e. The minimum atomic E-state index is -0.665. The minimum absolute atomic E-state index is 0.181. The van der Waals surface area contributed by atoms with Crippen LogP contribution >= 0.6 is 34.5 Å². The summed E-state index contributed by atoms with van der Waals surface area (Å²) >= 11 is 13.4. The van der Waals surface area contributed by atoms with Gasteiger partial charge in [0.1, 0.15) is 0 Å². The third-order valence-corrected chi connectivity index (χ3v) is 5.69. The van der Waals surface area contributed by atoms with Gasteiger partial charge in [-0.1, -0.05) is 59.6 Å². The van der Waals surface area contributed by atoms with Crippen molar-refractivity contribution in [3.05, 3.63) is 69.0 Å². The predicted octanol–water partition coefficient (Wildman–Crippen LogP) is 5.88. The maximum atomic E-state index is 12.2. The molecule has 1 aromatic heterocycles. The molecule has 2 aromatic carbocycles.